The van der Waals surface area contributed by atoms with Crippen LogP contribution in [0.5, 0.6) is 0 Å². The van der Waals surface area contributed by atoms with Gasteiger partial charge in [0, 0.05) is 19.6 Å². The van der Waals surface area contributed by atoms with Gasteiger partial charge in [0.2, 0.25) is 10.5 Å². The second-order valence-corrected chi connectivity index (χ2v) is 6.98. The van der Waals surface area contributed by atoms with E-state index in [0.717, 1.165) is 44.7 Å². The number of benzene rings is 1. The van der Waals surface area contributed by atoms with Crippen LogP contribution in [0, 0.1) is 4.77 Å². The number of rotatable bonds is 5. The molecule has 1 aliphatic heterocycles. The molecule has 138 valence electrons. The summed E-state index contributed by atoms with van der Waals surface area (Å²) in [6.45, 7) is 6.55. The summed E-state index contributed by atoms with van der Waals surface area (Å²) in [5.41, 5.74) is 0.818. The van der Waals surface area contributed by atoms with Gasteiger partial charge >= 0.3 is 0 Å². The molecule has 3 heterocycles. The highest BCUT2D eigenvalue weighted by Crippen LogP contribution is 2.15. The van der Waals surface area contributed by atoms with Crippen LogP contribution in [0.4, 0.5) is 0 Å². The fourth-order valence-corrected chi connectivity index (χ4v) is 3.69. The van der Waals surface area contributed by atoms with Crippen LogP contribution < -0.4 is 5.56 Å². The molecule has 0 aliphatic carbocycles. The Hall–Kier alpha value is -2.03. The molecule has 0 radical (unpaired) electrons. The largest absolute Gasteiger partial charge is 0.379 e. The van der Waals surface area contributed by atoms with Crippen molar-refractivity contribution in [3.8, 4) is 0 Å². The summed E-state index contributed by atoms with van der Waals surface area (Å²) < 4.78 is 11.6. The highest BCUT2D eigenvalue weighted by molar-refractivity contribution is 7.71. The Kier molecular flexibility index (Phi) is 4.88. The molecule has 0 amide bonds. The van der Waals surface area contributed by atoms with Gasteiger partial charge in [-0.05, 0) is 30.8 Å². The lowest BCUT2D eigenvalue weighted by Gasteiger charge is -2.25. The first kappa shape index (κ1) is 17.4. The highest BCUT2D eigenvalue weighted by atomic mass is 32.1. The Morgan fingerprint density at radius 1 is 1.23 bits per heavy atom. The monoisotopic (exact) mass is 373 g/mol. The zero-order valence-corrected chi connectivity index (χ0v) is 15.7. The molecule has 0 saturated carbocycles. The summed E-state index contributed by atoms with van der Waals surface area (Å²) in [5, 5.41) is 5.40. The number of morpholine rings is 1. The fourth-order valence-electron chi connectivity index (χ4n) is 3.41. The normalized spacial score (nSPS) is 15.9. The molecule has 1 aromatic carbocycles. The molecule has 0 spiro atoms. The van der Waals surface area contributed by atoms with Gasteiger partial charge < -0.3 is 4.74 Å². The van der Waals surface area contributed by atoms with E-state index in [9.17, 15) is 4.79 Å². The van der Waals surface area contributed by atoms with Crippen LogP contribution in [0.2, 0.25) is 0 Å². The average Bonchev–Trinajstić information content (AvgIpc) is 2.99. The van der Waals surface area contributed by atoms with Crippen molar-refractivity contribution in [1.82, 2.24) is 23.6 Å². The highest BCUT2D eigenvalue weighted by Gasteiger charge is 2.17. The lowest BCUT2D eigenvalue weighted by atomic mass is 10.2. The third-order valence-corrected chi connectivity index (χ3v) is 5.25. The summed E-state index contributed by atoms with van der Waals surface area (Å²) in [4.78, 5) is 15.3. The first-order chi connectivity index (χ1) is 12.7. The number of unbranched alkanes of at least 4 members (excludes halogenated alkanes) is 1. The van der Waals surface area contributed by atoms with Crippen LogP contribution in [0.1, 0.15) is 19.8 Å². The van der Waals surface area contributed by atoms with Gasteiger partial charge in [-0.3, -0.25) is 18.7 Å². The third kappa shape index (κ3) is 2.98. The molecule has 3 aromatic rings. The van der Waals surface area contributed by atoms with Crippen molar-refractivity contribution in [1.29, 1.82) is 0 Å². The number of ether oxygens (including phenoxy) is 1. The Morgan fingerprint density at radius 3 is 2.77 bits per heavy atom. The minimum atomic E-state index is 0.0000671. The molecule has 0 N–H and O–H groups in total. The van der Waals surface area contributed by atoms with Crippen molar-refractivity contribution in [3.05, 3.63) is 39.4 Å². The molecular formula is C18H23N5O2S. The molecule has 0 atom stereocenters. The molecule has 0 bridgehead atoms. The standard InChI is InChI=1S/C18H23N5O2S/c1-2-3-8-21-16(24)14-6-4-5-7-15(14)23-17(21)19-22(18(23)26)13-20-9-11-25-12-10-20/h4-7H,2-3,8-13H2,1H3. The van der Waals surface area contributed by atoms with Crippen molar-refractivity contribution in [2.75, 3.05) is 26.3 Å². The Bertz CT molecular complexity index is 1050. The van der Waals surface area contributed by atoms with Gasteiger partial charge in [-0.1, -0.05) is 25.5 Å². The number of para-hydroxylation sites is 1. The van der Waals surface area contributed by atoms with Crippen molar-refractivity contribution in [3.63, 3.8) is 0 Å². The first-order valence-corrected chi connectivity index (χ1v) is 9.52. The van der Waals surface area contributed by atoms with E-state index in [1.807, 2.05) is 33.3 Å². The minimum absolute atomic E-state index is 0.0000671. The molecule has 0 unspecified atom stereocenters. The minimum Gasteiger partial charge on any atom is -0.379 e. The first-order valence-electron chi connectivity index (χ1n) is 9.12. The molecule has 8 heteroatoms. The number of nitrogens with zero attached hydrogens (tertiary/aromatic N) is 5. The van der Waals surface area contributed by atoms with Crippen LogP contribution in [-0.4, -0.2) is 50.0 Å². The van der Waals surface area contributed by atoms with E-state index in [2.05, 4.69) is 11.8 Å². The van der Waals surface area contributed by atoms with E-state index < -0.39 is 0 Å². The maximum atomic E-state index is 13.0. The number of hydrogen-bond donors (Lipinski definition) is 0. The third-order valence-electron chi connectivity index (χ3n) is 4.86. The van der Waals surface area contributed by atoms with Crippen molar-refractivity contribution < 1.29 is 4.74 Å². The maximum Gasteiger partial charge on any atom is 0.262 e. The molecule has 26 heavy (non-hydrogen) atoms. The molecule has 1 fully saturated rings. The average molecular weight is 373 g/mol. The van der Waals surface area contributed by atoms with Crippen LogP contribution >= 0.6 is 12.2 Å². The van der Waals surface area contributed by atoms with E-state index >= 15 is 0 Å². The van der Waals surface area contributed by atoms with Gasteiger partial charge in [-0.15, -0.1) is 5.10 Å². The summed E-state index contributed by atoms with van der Waals surface area (Å²) in [5.74, 6) is 0.625. The Balaban J connectivity index is 1.91. The lowest BCUT2D eigenvalue weighted by molar-refractivity contribution is 0.0210. The van der Waals surface area contributed by atoms with E-state index in [1.54, 1.807) is 4.57 Å². The number of aromatic nitrogens is 4. The van der Waals surface area contributed by atoms with Gasteiger partial charge in [0.05, 0.1) is 30.8 Å². The van der Waals surface area contributed by atoms with Crippen molar-refractivity contribution >= 4 is 28.9 Å². The molecule has 7 nitrogen and oxygen atoms in total. The van der Waals surface area contributed by atoms with Crippen LogP contribution in [0.25, 0.3) is 16.7 Å². The van der Waals surface area contributed by atoms with E-state index in [4.69, 9.17) is 22.1 Å². The van der Waals surface area contributed by atoms with Crippen LogP contribution in [-0.2, 0) is 18.0 Å². The van der Waals surface area contributed by atoms with Crippen molar-refractivity contribution in [2.24, 2.45) is 0 Å². The predicted octanol–water partition coefficient (Wildman–Crippen LogP) is 2.27. The fraction of sp³-hybridized carbons (Fsp3) is 0.500. The summed E-state index contributed by atoms with van der Waals surface area (Å²) in [7, 11) is 0. The predicted molar refractivity (Wildman–Crippen MR) is 103 cm³/mol. The number of hydrogen-bond acceptors (Lipinski definition) is 5. The summed E-state index contributed by atoms with van der Waals surface area (Å²) in [6, 6.07) is 7.62. The zero-order chi connectivity index (χ0) is 18.1. The number of aryl methyl sites for hydroxylation is 1. The maximum absolute atomic E-state index is 13.0. The van der Waals surface area contributed by atoms with Gasteiger partial charge in [-0.25, -0.2) is 4.68 Å². The lowest BCUT2D eigenvalue weighted by Crippen LogP contribution is -2.37. The van der Waals surface area contributed by atoms with Gasteiger partial charge in [0.15, 0.2) is 0 Å². The quantitative estimate of drug-likeness (QED) is 0.642. The Morgan fingerprint density at radius 2 is 2.00 bits per heavy atom. The Labute approximate surface area is 156 Å². The van der Waals surface area contributed by atoms with Gasteiger partial charge in [0.1, 0.15) is 0 Å². The van der Waals surface area contributed by atoms with E-state index in [0.29, 0.717) is 29.1 Å². The second kappa shape index (κ2) is 7.30. The smallest absolute Gasteiger partial charge is 0.262 e. The van der Waals surface area contributed by atoms with Gasteiger partial charge in [-0.2, -0.15) is 0 Å². The molecular weight excluding hydrogens is 350 g/mol. The van der Waals surface area contributed by atoms with E-state index in [-0.39, 0.29) is 5.56 Å². The molecule has 2 aromatic heterocycles. The zero-order valence-electron chi connectivity index (χ0n) is 14.9. The second-order valence-electron chi connectivity index (χ2n) is 6.62. The molecule has 1 saturated heterocycles. The van der Waals surface area contributed by atoms with E-state index in [1.165, 1.54) is 0 Å². The van der Waals surface area contributed by atoms with Crippen LogP contribution in [0.15, 0.2) is 29.1 Å². The summed E-state index contributed by atoms with van der Waals surface area (Å²) >= 11 is 5.73. The van der Waals surface area contributed by atoms with Gasteiger partial charge in [0.25, 0.3) is 5.56 Å². The molecule has 4 rings (SSSR count). The topological polar surface area (TPSA) is 56.7 Å². The van der Waals surface area contributed by atoms with Crippen LogP contribution in [0.3, 0.4) is 0 Å². The molecule has 1 aliphatic rings. The van der Waals surface area contributed by atoms with Crippen molar-refractivity contribution in [2.45, 2.75) is 33.0 Å². The SMILES string of the molecule is CCCCn1c(=O)c2ccccc2n2c(=S)n(CN3CCOCC3)nc12. The summed E-state index contributed by atoms with van der Waals surface area (Å²) in [6.07, 6.45) is 1.94. The number of fused-ring (bicyclic) bond motifs is 3.